The largest absolute Gasteiger partial charge is 0.297 e. The van der Waals surface area contributed by atoms with Gasteiger partial charge in [-0.15, -0.1) is 11.3 Å². The van der Waals surface area contributed by atoms with Crippen molar-refractivity contribution in [3.63, 3.8) is 0 Å². The van der Waals surface area contributed by atoms with Crippen LogP contribution in [0.4, 0.5) is 4.39 Å². The summed E-state index contributed by atoms with van der Waals surface area (Å²) < 4.78 is 16.7. The van der Waals surface area contributed by atoms with Crippen molar-refractivity contribution < 1.29 is 14.0 Å². The van der Waals surface area contributed by atoms with Gasteiger partial charge in [0.05, 0.1) is 29.5 Å². The lowest BCUT2D eigenvalue weighted by atomic mass is 9.93. The first-order chi connectivity index (χ1) is 17.0. The summed E-state index contributed by atoms with van der Waals surface area (Å²) >= 11 is 2.87. The summed E-state index contributed by atoms with van der Waals surface area (Å²) in [6.45, 7) is 3.28. The first-order valence-electron chi connectivity index (χ1n) is 11.8. The molecule has 2 aliphatic rings. The first kappa shape index (κ1) is 24.1. The van der Waals surface area contributed by atoms with Crippen LogP contribution in [0, 0.1) is 11.7 Å². The highest BCUT2D eigenvalue weighted by Gasteiger charge is 2.41. The fourth-order valence-corrected chi connectivity index (χ4v) is 6.08. The fourth-order valence-electron chi connectivity index (χ4n) is 4.61. The molecule has 1 saturated carbocycles. The Morgan fingerprint density at radius 3 is 2.80 bits per heavy atom. The average molecular weight is 511 g/mol. The van der Waals surface area contributed by atoms with Gasteiger partial charge in [0.25, 0.3) is 0 Å². The molecule has 35 heavy (non-hydrogen) atoms. The molecule has 1 aliphatic heterocycles. The number of likely N-dealkylation sites (tertiary alicyclic amines) is 1. The smallest absolute Gasteiger partial charge is 0.186 e. The van der Waals surface area contributed by atoms with E-state index in [1.165, 1.54) is 17.8 Å². The molecule has 2 aromatic heterocycles. The van der Waals surface area contributed by atoms with E-state index in [0.717, 1.165) is 29.8 Å². The minimum absolute atomic E-state index is 0.00439. The molecule has 0 amide bonds. The lowest BCUT2D eigenvalue weighted by Gasteiger charge is -2.38. The Balaban J connectivity index is 1.43. The third kappa shape index (κ3) is 5.79. The van der Waals surface area contributed by atoms with E-state index in [0.29, 0.717) is 31.6 Å². The van der Waals surface area contributed by atoms with E-state index in [-0.39, 0.29) is 27.9 Å². The highest BCUT2D eigenvalue weighted by atomic mass is 32.2. The van der Waals surface area contributed by atoms with E-state index in [1.54, 1.807) is 42.0 Å². The van der Waals surface area contributed by atoms with E-state index in [4.69, 9.17) is 0 Å². The van der Waals surface area contributed by atoms with Crippen molar-refractivity contribution in [2.24, 2.45) is 5.92 Å². The van der Waals surface area contributed by atoms with Gasteiger partial charge in [-0.3, -0.25) is 19.2 Å². The van der Waals surface area contributed by atoms with Crippen molar-refractivity contribution in [3.8, 4) is 0 Å². The molecule has 1 aromatic carbocycles. The van der Waals surface area contributed by atoms with E-state index < -0.39 is 6.04 Å². The number of ketones is 1. The first-order valence-corrected chi connectivity index (χ1v) is 13.6. The molecule has 9 heteroatoms. The van der Waals surface area contributed by atoms with E-state index >= 15 is 0 Å². The molecule has 2 atom stereocenters. The van der Waals surface area contributed by atoms with Crippen molar-refractivity contribution in [1.82, 2.24) is 19.7 Å². The molecular weight excluding hydrogens is 483 g/mol. The maximum atomic E-state index is 14.8. The van der Waals surface area contributed by atoms with Crippen LogP contribution in [0.3, 0.4) is 0 Å². The Bertz CT molecular complexity index is 1240. The third-order valence-electron chi connectivity index (χ3n) is 6.40. The zero-order valence-corrected chi connectivity index (χ0v) is 21.1. The van der Waals surface area contributed by atoms with Crippen LogP contribution in [0.1, 0.15) is 49.2 Å². The number of Topliss-reactive ketones (excluding diaryl/α,β-unsaturated/α-hetero) is 1. The van der Waals surface area contributed by atoms with Crippen molar-refractivity contribution in [1.29, 1.82) is 0 Å². The highest BCUT2D eigenvalue weighted by molar-refractivity contribution is 8.14. The Labute approximate surface area is 212 Å². The Hall–Kier alpha value is -2.62. The third-order valence-corrected chi connectivity index (χ3v) is 8.19. The van der Waals surface area contributed by atoms with Crippen LogP contribution in [0.15, 0.2) is 53.0 Å². The van der Waals surface area contributed by atoms with Crippen LogP contribution in [0.25, 0.3) is 6.08 Å². The average Bonchev–Trinajstić information content (AvgIpc) is 3.39. The standard InChI is InChI=1S/C26H27FN4O2S2/c1-17(32)35-24-9-10-30(25(26(33)18-6-7-18)22-4-2-3-5-23(22)27)13-19(24)12-20-8-11-31(29-20)14-21-15-34-16-28-21/h2-5,8,11-12,15-16,18,24-25H,6-7,9-10,13-14H2,1H3/b19-12-. The van der Waals surface area contributed by atoms with Gasteiger partial charge in [-0.2, -0.15) is 5.10 Å². The number of carbonyl (C=O) groups is 2. The molecule has 0 bridgehead atoms. The number of carbonyl (C=O) groups excluding carboxylic acids is 2. The SMILES string of the molecule is CC(=O)SC1CCN(C(C(=O)C2CC2)c2ccccc2F)C/C1=C/c1ccn(Cc2cscn2)n1. The number of piperidine rings is 1. The van der Waals surface area contributed by atoms with Gasteiger partial charge in [-0.05, 0) is 43.0 Å². The van der Waals surface area contributed by atoms with Crippen LogP contribution >= 0.6 is 23.1 Å². The van der Waals surface area contributed by atoms with Gasteiger partial charge in [0.15, 0.2) is 10.9 Å². The van der Waals surface area contributed by atoms with Crippen molar-refractivity contribution in [2.45, 2.75) is 44.0 Å². The van der Waals surface area contributed by atoms with Gasteiger partial charge in [-0.1, -0.05) is 30.0 Å². The summed E-state index contributed by atoms with van der Waals surface area (Å²) in [4.78, 5) is 31.7. The number of halogens is 1. The van der Waals surface area contributed by atoms with E-state index in [2.05, 4.69) is 15.0 Å². The van der Waals surface area contributed by atoms with E-state index in [1.807, 2.05) is 28.4 Å². The monoisotopic (exact) mass is 510 g/mol. The van der Waals surface area contributed by atoms with Crippen LogP contribution in [0.5, 0.6) is 0 Å². The molecule has 0 spiro atoms. The zero-order valence-electron chi connectivity index (χ0n) is 19.5. The molecular formula is C26H27FN4O2S2. The predicted octanol–water partition coefficient (Wildman–Crippen LogP) is 4.98. The predicted molar refractivity (Wildman–Crippen MR) is 137 cm³/mol. The maximum absolute atomic E-state index is 14.8. The zero-order chi connectivity index (χ0) is 24.4. The number of thioether (sulfide) groups is 1. The van der Waals surface area contributed by atoms with Crippen molar-refractivity contribution in [3.05, 3.63) is 75.8 Å². The molecule has 3 heterocycles. The fraction of sp³-hybridized carbons (Fsp3) is 0.385. The summed E-state index contributed by atoms with van der Waals surface area (Å²) in [5.41, 5.74) is 5.02. The van der Waals surface area contributed by atoms with Gasteiger partial charge in [0.1, 0.15) is 5.82 Å². The molecule has 0 N–H and O–H groups in total. The number of aromatic nitrogens is 3. The Morgan fingerprint density at radius 1 is 1.26 bits per heavy atom. The van der Waals surface area contributed by atoms with Crippen LogP contribution in [-0.2, 0) is 16.1 Å². The van der Waals surface area contributed by atoms with Gasteiger partial charge in [0, 0.05) is 48.3 Å². The molecule has 2 fully saturated rings. The summed E-state index contributed by atoms with van der Waals surface area (Å²) in [7, 11) is 0. The van der Waals surface area contributed by atoms with Crippen molar-refractivity contribution >= 4 is 40.1 Å². The van der Waals surface area contributed by atoms with Gasteiger partial charge in [-0.25, -0.2) is 9.37 Å². The Kier molecular flexibility index (Phi) is 7.27. The summed E-state index contributed by atoms with van der Waals surface area (Å²) in [6, 6.07) is 7.91. The number of benzene rings is 1. The second-order valence-corrected chi connectivity index (χ2v) is 11.2. The number of nitrogens with zero attached hydrogens (tertiary/aromatic N) is 4. The molecule has 0 radical (unpaired) electrons. The lowest BCUT2D eigenvalue weighted by Crippen LogP contribution is -2.43. The van der Waals surface area contributed by atoms with Gasteiger partial charge < -0.3 is 0 Å². The van der Waals surface area contributed by atoms with Crippen molar-refractivity contribution in [2.75, 3.05) is 13.1 Å². The van der Waals surface area contributed by atoms with Gasteiger partial charge in [0.2, 0.25) is 0 Å². The number of rotatable bonds is 8. The summed E-state index contributed by atoms with van der Waals surface area (Å²) in [5, 5.41) is 6.73. The van der Waals surface area contributed by atoms with Crippen LogP contribution in [0.2, 0.25) is 0 Å². The molecule has 1 aliphatic carbocycles. The lowest BCUT2D eigenvalue weighted by molar-refractivity contribution is -0.126. The van der Waals surface area contributed by atoms with Crippen LogP contribution in [-0.4, -0.2) is 48.9 Å². The molecule has 182 valence electrons. The maximum Gasteiger partial charge on any atom is 0.186 e. The number of thiazole rings is 1. The molecule has 5 rings (SSSR count). The molecule has 6 nitrogen and oxygen atoms in total. The van der Waals surface area contributed by atoms with Crippen LogP contribution < -0.4 is 0 Å². The second kappa shape index (κ2) is 10.6. The van der Waals surface area contributed by atoms with Gasteiger partial charge >= 0.3 is 0 Å². The second-order valence-electron chi connectivity index (χ2n) is 9.10. The minimum atomic E-state index is -0.613. The normalized spacial score (nSPS) is 20.7. The Morgan fingerprint density at radius 2 is 2.09 bits per heavy atom. The highest BCUT2D eigenvalue weighted by Crippen LogP contribution is 2.40. The number of hydrogen-bond acceptors (Lipinski definition) is 7. The molecule has 3 aromatic rings. The summed E-state index contributed by atoms with van der Waals surface area (Å²) in [5.74, 6) is -0.240. The number of hydrogen-bond donors (Lipinski definition) is 0. The molecule has 2 unspecified atom stereocenters. The van der Waals surface area contributed by atoms with E-state index in [9.17, 15) is 14.0 Å². The molecule has 1 saturated heterocycles. The quantitative estimate of drug-likeness (QED) is 0.426. The minimum Gasteiger partial charge on any atom is -0.297 e. The topological polar surface area (TPSA) is 68.1 Å². The summed E-state index contributed by atoms with van der Waals surface area (Å²) in [6.07, 6.45) is 6.39.